The van der Waals surface area contributed by atoms with Crippen molar-refractivity contribution >= 4 is 5.91 Å². The van der Waals surface area contributed by atoms with Crippen molar-refractivity contribution < 1.29 is 14.4 Å². The summed E-state index contributed by atoms with van der Waals surface area (Å²) in [5, 5.41) is 0. The number of benzene rings is 1. The molecular weight excluding hydrogens is 218 g/mol. The maximum absolute atomic E-state index is 11.7. The van der Waals surface area contributed by atoms with E-state index in [1.54, 1.807) is 19.2 Å². The topological polar surface area (TPSA) is 47.6 Å². The molecule has 0 spiro atoms. The number of carbonyl (C=O) groups is 1. The molecule has 1 rings (SSSR count). The van der Waals surface area contributed by atoms with Gasteiger partial charge in [-0.2, -0.15) is 0 Å². The summed E-state index contributed by atoms with van der Waals surface area (Å²) in [6.07, 6.45) is 1.28. The van der Waals surface area contributed by atoms with Gasteiger partial charge in [-0.1, -0.05) is 31.0 Å². The van der Waals surface area contributed by atoms with Gasteiger partial charge in [-0.25, -0.2) is 10.3 Å². The number of nitrogens with one attached hydrogen (secondary N) is 1. The zero-order chi connectivity index (χ0) is 12.7. The molecule has 1 N–H and O–H groups in total. The molecule has 0 fully saturated rings. The molecular formula is C13H19NO3. The Morgan fingerprint density at radius 2 is 2.00 bits per heavy atom. The molecule has 0 aromatic heterocycles. The normalized spacial score (nSPS) is 12.2. The molecule has 17 heavy (non-hydrogen) atoms. The van der Waals surface area contributed by atoms with E-state index in [4.69, 9.17) is 9.57 Å². The summed E-state index contributed by atoms with van der Waals surface area (Å²) in [6.45, 7) is 4.00. The molecule has 0 aliphatic heterocycles. The van der Waals surface area contributed by atoms with Crippen LogP contribution in [0.5, 0.6) is 0 Å². The fraction of sp³-hybridized carbons (Fsp3) is 0.462. The summed E-state index contributed by atoms with van der Waals surface area (Å²) in [4.78, 5) is 16.8. The van der Waals surface area contributed by atoms with E-state index in [1.807, 2.05) is 26.0 Å². The van der Waals surface area contributed by atoms with Crippen LogP contribution in [-0.2, 0) is 9.57 Å². The average molecular weight is 237 g/mol. The molecule has 1 unspecified atom stereocenters. The number of hydroxylamine groups is 1. The third kappa shape index (κ3) is 4.54. The number of rotatable bonds is 6. The smallest absolute Gasteiger partial charge is 0.274 e. The van der Waals surface area contributed by atoms with Crippen LogP contribution in [0.4, 0.5) is 0 Å². The second-order valence-corrected chi connectivity index (χ2v) is 3.87. The molecule has 1 aromatic carbocycles. The fourth-order valence-corrected chi connectivity index (χ4v) is 1.34. The first-order valence-electron chi connectivity index (χ1n) is 5.72. The molecule has 0 aliphatic rings. The van der Waals surface area contributed by atoms with Crippen molar-refractivity contribution in [2.24, 2.45) is 0 Å². The molecule has 0 aliphatic carbocycles. The minimum absolute atomic E-state index is 0.261. The van der Waals surface area contributed by atoms with Crippen molar-refractivity contribution in [3.8, 4) is 0 Å². The van der Waals surface area contributed by atoms with E-state index in [-0.39, 0.29) is 5.91 Å². The molecule has 1 amide bonds. The van der Waals surface area contributed by atoms with Crippen LogP contribution in [0.3, 0.4) is 0 Å². The molecule has 1 atom stereocenters. The molecule has 4 heteroatoms. The maximum atomic E-state index is 11.7. The Labute approximate surface area is 102 Å². The Morgan fingerprint density at radius 3 is 2.53 bits per heavy atom. The predicted molar refractivity (Wildman–Crippen MR) is 65.4 cm³/mol. The summed E-state index contributed by atoms with van der Waals surface area (Å²) in [5.41, 5.74) is 4.08. The average Bonchev–Trinajstić information content (AvgIpc) is 2.35. The van der Waals surface area contributed by atoms with E-state index >= 15 is 0 Å². The highest BCUT2D eigenvalue weighted by Crippen LogP contribution is 2.04. The second-order valence-electron chi connectivity index (χ2n) is 3.87. The van der Waals surface area contributed by atoms with Gasteiger partial charge in [-0.05, 0) is 19.1 Å². The lowest BCUT2D eigenvalue weighted by atomic mass is 10.1. The lowest BCUT2D eigenvalue weighted by molar-refractivity contribution is -0.157. The summed E-state index contributed by atoms with van der Waals surface area (Å²) in [6, 6.07) is 7.29. The zero-order valence-electron chi connectivity index (χ0n) is 10.5. The van der Waals surface area contributed by atoms with Crippen LogP contribution in [0, 0.1) is 6.92 Å². The molecule has 0 bridgehead atoms. The molecule has 0 heterocycles. The SMILES string of the molecule is CCCC(OC)ONC(=O)c1ccc(C)cc1. The van der Waals surface area contributed by atoms with Gasteiger partial charge in [-0.15, -0.1) is 0 Å². The predicted octanol–water partition coefficient (Wildman–Crippen LogP) is 2.43. The van der Waals surface area contributed by atoms with Crippen molar-refractivity contribution in [3.05, 3.63) is 35.4 Å². The monoisotopic (exact) mass is 237 g/mol. The van der Waals surface area contributed by atoms with Gasteiger partial charge in [0.2, 0.25) is 0 Å². The van der Waals surface area contributed by atoms with Crippen LogP contribution in [0.1, 0.15) is 35.7 Å². The third-order valence-corrected chi connectivity index (χ3v) is 2.38. The Kier molecular flexibility index (Phi) is 5.66. The van der Waals surface area contributed by atoms with Crippen LogP contribution >= 0.6 is 0 Å². The summed E-state index contributed by atoms with van der Waals surface area (Å²) < 4.78 is 5.06. The van der Waals surface area contributed by atoms with Crippen molar-refractivity contribution in [2.75, 3.05) is 7.11 Å². The first-order valence-corrected chi connectivity index (χ1v) is 5.72. The number of methoxy groups -OCH3 is 1. The molecule has 1 aromatic rings. The van der Waals surface area contributed by atoms with E-state index in [1.165, 1.54) is 0 Å². The molecule has 4 nitrogen and oxygen atoms in total. The number of amides is 1. The highest BCUT2D eigenvalue weighted by atomic mass is 16.8. The lowest BCUT2D eigenvalue weighted by Gasteiger charge is -2.15. The van der Waals surface area contributed by atoms with Gasteiger partial charge >= 0.3 is 0 Å². The number of ether oxygens (including phenoxy) is 1. The Bertz CT molecular complexity index is 348. The number of aryl methyl sites for hydroxylation is 1. The third-order valence-electron chi connectivity index (χ3n) is 2.38. The lowest BCUT2D eigenvalue weighted by Crippen LogP contribution is -2.30. The van der Waals surface area contributed by atoms with Crippen molar-refractivity contribution in [3.63, 3.8) is 0 Å². The fourth-order valence-electron chi connectivity index (χ4n) is 1.34. The maximum Gasteiger partial charge on any atom is 0.274 e. The zero-order valence-corrected chi connectivity index (χ0v) is 10.5. The van der Waals surface area contributed by atoms with E-state index < -0.39 is 6.29 Å². The first kappa shape index (κ1) is 13.7. The second kappa shape index (κ2) is 7.04. The van der Waals surface area contributed by atoms with Crippen LogP contribution in [0.2, 0.25) is 0 Å². The summed E-state index contributed by atoms with van der Waals surface area (Å²) in [7, 11) is 1.55. The van der Waals surface area contributed by atoms with Gasteiger partial charge in [0.1, 0.15) is 0 Å². The highest BCUT2D eigenvalue weighted by molar-refractivity contribution is 5.93. The van der Waals surface area contributed by atoms with Crippen molar-refractivity contribution in [1.29, 1.82) is 0 Å². The quantitative estimate of drug-likeness (QED) is 0.610. The molecule has 94 valence electrons. The van der Waals surface area contributed by atoms with Gasteiger partial charge in [0.15, 0.2) is 6.29 Å². The van der Waals surface area contributed by atoms with Crippen molar-refractivity contribution in [2.45, 2.75) is 33.0 Å². The van der Waals surface area contributed by atoms with Crippen LogP contribution in [0.25, 0.3) is 0 Å². The Morgan fingerprint density at radius 1 is 1.35 bits per heavy atom. The first-order chi connectivity index (χ1) is 8.17. The van der Waals surface area contributed by atoms with Crippen molar-refractivity contribution in [1.82, 2.24) is 5.48 Å². The van der Waals surface area contributed by atoms with Gasteiger partial charge in [0, 0.05) is 19.1 Å². The largest absolute Gasteiger partial charge is 0.354 e. The van der Waals surface area contributed by atoms with Gasteiger partial charge < -0.3 is 4.74 Å². The number of carbonyl (C=O) groups excluding carboxylic acids is 1. The van der Waals surface area contributed by atoms with Crippen LogP contribution < -0.4 is 5.48 Å². The van der Waals surface area contributed by atoms with E-state index in [0.717, 1.165) is 18.4 Å². The van der Waals surface area contributed by atoms with E-state index in [9.17, 15) is 4.79 Å². The van der Waals surface area contributed by atoms with E-state index in [0.29, 0.717) is 5.56 Å². The standard InChI is InChI=1S/C13H19NO3/c1-4-5-12(16-3)17-14-13(15)11-8-6-10(2)7-9-11/h6-9,12H,4-5H2,1-3H3,(H,14,15). The minimum atomic E-state index is -0.394. The summed E-state index contributed by atoms with van der Waals surface area (Å²) >= 11 is 0. The Hall–Kier alpha value is -1.39. The highest BCUT2D eigenvalue weighted by Gasteiger charge is 2.10. The van der Waals surface area contributed by atoms with Gasteiger partial charge in [-0.3, -0.25) is 4.79 Å². The van der Waals surface area contributed by atoms with Gasteiger partial charge in [0.05, 0.1) is 0 Å². The minimum Gasteiger partial charge on any atom is -0.354 e. The summed E-state index contributed by atoms with van der Waals surface area (Å²) in [5.74, 6) is -0.261. The van der Waals surface area contributed by atoms with Crippen LogP contribution in [-0.4, -0.2) is 19.3 Å². The van der Waals surface area contributed by atoms with Crippen LogP contribution in [0.15, 0.2) is 24.3 Å². The number of hydrogen-bond donors (Lipinski definition) is 1. The molecule has 0 saturated carbocycles. The molecule has 0 saturated heterocycles. The van der Waals surface area contributed by atoms with Gasteiger partial charge in [0.25, 0.3) is 5.91 Å². The van der Waals surface area contributed by atoms with E-state index in [2.05, 4.69) is 5.48 Å². The Balaban J connectivity index is 2.46. The number of hydrogen-bond acceptors (Lipinski definition) is 3. The molecule has 0 radical (unpaired) electrons.